The van der Waals surface area contributed by atoms with E-state index in [-0.39, 0.29) is 0 Å². The maximum atomic E-state index is 9.30. The summed E-state index contributed by atoms with van der Waals surface area (Å²) in [5.41, 5.74) is 3.19. The van der Waals surface area contributed by atoms with Gasteiger partial charge >= 0.3 is 0 Å². The number of aryl methyl sites for hydroxylation is 2. The number of pyridine rings is 1. The summed E-state index contributed by atoms with van der Waals surface area (Å²) in [6.45, 7) is 3.81. The molecular formula is C17H13ClN4OS. The molecule has 0 N–H and O–H groups in total. The molecule has 0 radical (unpaired) electrons. The van der Waals surface area contributed by atoms with E-state index in [4.69, 9.17) is 16.0 Å². The first-order chi connectivity index (χ1) is 11.6. The summed E-state index contributed by atoms with van der Waals surface area (Å²) in [5.74, 6) is 1.37. The third-order valence-corrected chi connectivity index (χ3v) is 4.53. The van der Waals surface area contributed by atoms with E-state index in [0.29, 0.717) is 33.1 Å². The van der Waals surface area contributed by atoms with Crippen LogP contribution in [0.1, 0.15) is 22.7 Å². The second-order valence-corrected chi connectivity index (χ2v) is 6.57. The highest BCUT2D eigenvalue weighted by Gasteiger charge is 2.13. The van der Waals surface area contributed by atoms with Gasteiger partial charge in [0, 0.05) is 16.3 Å². The summed E-state index contributed by atoms with van der Waals surface area (Å²) in [4.78, 5) is 4.43. The molecule has 0 saturated heterocycles. The van der Waals surface area contributed by atoms with Gasteiger partial charge in [0.1, 0.15) is 11.1 Å². The summed E-state index contributed by atoms with van der Waals surface area (Å²) < 4.78 is 5.67. The predicted octanol–water partition coefficient (Wildman–Crippen LogP) is 4.57. The van der Waals surface area contributed by atoms with E-state index in [1.807, 2.05) is 32.0 Å². The lowest BCUT2D eigenvalue weighted by atomic mass is 10.1. The van der Waals surface area contributed by atoms with Crippen LogP contribution in [0.15, 0.2) is 39.8 Å². The normalized spacial score (nSPS) is 10.6. The van der Waals surface area contributed by atoms with Crippen molar-refractivity contribution in [3.8, 4) is 17.5 Å². The van der Waals surface area contributed by atoms with Crippen LogP contribution in [0.25, 0.3) is 11.5 Å². The molecule has 0 fully saturated rings. The summed E-state index contributed by atoms with van der Waals surface area (Å²) in [6.07, 6.45) is 0. The fourth-order valence-corrected chi connectivity index (χ4v) is 3.26. The Morgan fingerprint density at radius 3 is 2.67 bits per heavy atom. The number of halogens is 1. The van der Waals surface area contributed by atoms with Gasteiger partial charge in [-0.25, -0.2) is 4.98 Å². The van der Waals surface area contributed by atoms with Crippen molar-refractivity contribution in [3.05, 3.63) is 58.1 Å². The summed E-state index contributed by atoms with van der Waals surface area (Å²) in [6, 6.07) is 11.3. The van der Waals surface area contributed by atoms with Crippen LogP contribution in [0, 0.1) is 25.2 Å². The summed E-state index contributed by atoms with van der Waals surface area (Å²) >= 11 is 7.29. The van der Waals surface area contributed by atoms with Gasteiger partial charge in [-0.05, 0) is 49.7 Å². The van der Waals surface area contributed by atoms with Crippen molar-refractivity contribution in [2.45, 2.75) is 24.6 Å². The number of aromatic nitrogens is 3. The van der Waals surface area contributed by atoms with Gasteiger partial charge < -0.3 is 4.42 Å². The zero-order valence-corrected chi connectivity index (χ0v) is 14.6. The van der Waals surface area contributed by atoms with E-state index in [2.05, 4.69) is 21.3 Å². The molecule has 3 rings (SSSR count). The lowest BCUT2D eigenvalue weighted by Gasteiger charge is -2.05. The number of rotatable bonds is 4. The van der Waals surface area contributed by atoms with Crippen LogP contribution in [0.3, 0.4) is 0 Å². The lowest BCUT2D eigenvalue weighted by molar-refractivity contribution is 0.528. The highest BCUT2D eigenvalue weighted by Crippen LogP contribution is 2.27. The van der Waals surface area contributed by atoms with Crippen molar-refractivity contribution < 1.29 is 4.42 Å². The SMILES string of the molecule is Cc1cc(C)c(C#N)c(SCc2nnc(-c3ccc(Cl)cc3)o2)n1. The van der Waals surface area contributed by atoms with E-state index in [0.717, 1.165) is 16.8 Å². The zero-order chi connectivity index (χ0) is 17.1. The van der Waals surface area contributed by atoms with Gasteiger partial charge in [-0.1, -0.05) is 23.4 Å². The zero-order valence-electron chi connectivity index (χ0n) is 13.1. The Morgan fingerprint density at radius 2 is 1.96 bits per heavy atom. The number of benzene rings is 1. The molecule has 0 saturated carbocycles. The molecule has 0 spiro atoms. The molecule has 3 aromatic rings. The molecule has 0 aliphatic heterocycles. The first kappa shape index (κ1) is 16.5. The molecule has 0 aliphatic rings. The Labute approximate surface area is 148 Å². The lowest BCUT2D eigenvalue weighted by Crippen LogP contribution is -1.94. The van der Waals surface area contributed by atoms with Crippen LogP contribution in [-0.2, 0) is 5.75 Å². The van der Waals surface area contributed by atoms with Crippen molar-refractivity contribution in [3.63, 3.8) is 0 Å². The van der Waals surface area contributed by atoms with Gasteiger partial charge in [0.15, 0.2) is 0 Å². The monoisotopic (exact) mass is 356 g/mol. The van der Waals surface area contributed by atoms with Crippen LogP contribution < -0.4 is 0 Å². The maximum Gasteiger partial charge on any atom is 0.247 e. The molecule has 0 bridgehead atoms. The molecule has 5 nitrogen and oxygen atoms in total. The number of nitriles is 1. The molecule has 0 unspecified atom stereocenters. The van der Waals surface area contributed by atoms with Gasteiger partial charge in [-0.2, -0.15) is 5.26 Å². The maximum absolute atomic E-state index is 9.30. The topological polar surface area (TPSA) is 75.6 Å². The van der Waals surface area contributed by atoms with E-state index in [1.165, 1.54) is 11.8 Å². The van der Waals surface area contributed by atoms with Crippen molar-refractivity contribution in [1.29, 1.82) is 5.26 Å². The van der Waals surface area contributed by atoms with E-state index in [9.17, 15) is 5.26 Å². The average Bonchev–Trinajstić information content (AvgIpc) is 3.02. The molecule has 1 aromatic carbocycles. The summed E-state index contributed by atoms with van der Waals surface area (Å²) in [7, 11) is 0. The smallest absolute Gasteiger partial charge is 0.247 e. The van der Waals surface area contributed by atoms with Gasteiger partial charge in [0.2, 0.25) is 11.8 Å². The fourth-order valence-electron chi connectivity index (χ4n) is 2.19. The minimum Gasteiger partial charge on any atom is -0.420 e. The second-order valence-electron chi connectivity index (χ2n) is 5.17. The van der Waals surface area contributed by atoms with Crippen molar-refractivity contribution >= 4 is 23.4 Å². The molecule has 0 atom stereocenters. The Bertz CT molecular complexity index is 915. The van der Waals surface area contributed by atoms with Gasteiger partial charge in [0.25, 0.3) is 0 Å². The Balaban J connectivity index is 1.77. The predicted molar refractivity (Wildman–Crippen MR) is 92.7 cm³/mol. The number of nitrogens with zero attached hydrogens (tertiary/aromatic N) is 4. The molecular weight excluding hydrogens is 344 g/mol. The molecule has 24 heavy (non-hydrogen) atoms. The highest BCUT2D eigenvalue weighted by atomic mass is 35.5. The third-order valence-electron chi connectivity index (χ3n) is 3.31. The molecule has 2 heterocycles. The minimum absolute atomic E-state index is 0.441. The number of thioether (sulfide) groups is 1. The first-order valence-electron chi connectivity index (χ1n) is 7.16. The van der Waals surface area contributed by atoms with E-state index >= 15 is 0 Å². The Hall–Kier alpha value is -2.36. The van der Waals surface area contributed by atoms with Gasteiger partial charge in [-0.15, -0.1) is 10.2 Å². The standard InChI is InChI=1S/C17H13ClN4OS/c1-10-7-11(2)20-17(14(10)8-19)24-9-15-21-22-16(23-15)12-3-5-13(18)6-4-12/h3-7H,9H2,1-2H3. The van der Waals surface area contributed by atoms with Crippen molar-refractivity contribution in [2.75, 3.05) is 0 Å². The van der Waals surface area contributed by atoms with E-state index < -0.39 is 0 Å². The van der Waals surface area contributed by atoms with Crippen molar-refractivity contribution in [2.24, 2.45) is 0 Å². The van der Waals surface area contributed by atoms with Crippen LogP contribution in [-0.4, -0.2) is 15.2 Å². The fraction of sp³-hybridized carbons (Fsp3) is 0.176. The molecule has 0 aliphatic carbocycles. The first-order valence-corrected chi connectivity index (χ1v) is 8.52. The van der Waals surface area contributed by atoms with Crippen molar-refractivity contribution in [1.82, 2.24) is 15.2 Å². The van der Waals surface area contributed by atoms with E-state index in [1.54, 1.807) is 12.1 Å². The quantitative estimate of drug-likeness (QED) is 0.637. The third kappa shape index (κ3) is 3.58. The van der Waals surface area contributed by atoms with Crippen LogP contribution >= 0.6 is 23.4 Å². The number of hydrogen-bond donors (Lipinski definition) is 0. The summed E-state index contributed by atoms with van der Waals surface area (Å²) in [5, 5.41) is 18.7. The molecule has 0 amide bonds. The van der Waals surface area contributed by atoms with Gasteiger partial charge in [-0.3, -0.25) is 0 Å². The van der Waals surface area contributed by atoms with Gasteiger partial charge in [0.05, 0.1) is 11.3 Å². The Morgan fingerprint density at radius 1 is 1.21 bits per heavy atom. The molecule has 7 heteroatoms. The molecule has 2 aromatic heterocycles. The largest absolute Gasteiger partial charge is 0.420 e. The minimum atomic E-state index is 0.441. The van der Waals surface area contributed by atoms with Crippen LogP contribution in [0.4, 0.5) is 0 Å². The Kier molecular flexibility index (Phi) is 4.84. The number of hydrogen-bond acceptors (Lipinski definition) is 6. The molecule has 120 valence electrons. The average molecular weight is 357 g/mol. The highest BCUT2D eigenvalue weighted by molar-refractivity contribution is 7.98. The second kappa shape index (κ2) is 7.04. The van der Waals surface area contributed by atoms with Crippen LogP contribution in [0.2, 0.25) is 5.02 Å². The van der Waals surface area contributed by atoms with Crippen LogP contribution in [0.5, 0.6) is 0 Å².